The van der Waals surface area contributed by atoms with Gasteiger partial charge in [0.25, 0.3) is 15.9 Å². The van der Waals surface area contributed by atoms with E-state index in [9.17, 15) is 22.0 Å². The van der Waals surface area contributed by atoms with Crippen LogP contribution in [-0.2, 0) is 14.8 Å². The van der Waals surface area contributed by atoms with Gasteiger partial charge in [-0.15, -0.1) is 11.8 Å². The average molecular weight is 585 g/mol. The highest BCUT2D eigenvalue weighted by molar-refractivity contribution is 7.99. The number of sulfonamides is 1. The van der Waals surface area contributed by atoms with Crippen LogP contribution < -0.4 is 15.4 Å². The number of halogens is 3. The van der Waals surface area contributed by atoms with E-state index in [0.717, 1.165) is 11.3 Å². The van der Waals surface area contributed by atoms with E-state index in [1.807, 2.05) is 9.62 Å². The van der Waals surface area contributed by atoms with Gasteiger partial charge in [-0.1, -0.05) is 6.42 Å². The number of anilines is 2. The van der Waals surface area contributed by atoms with E-state index in [2.05, 4.69) is 10.6 Å². The summed E-state index contributed by atoms with van der Waals surface area (Å²) in [7, 11) is -2.63. The van der Waals surface area contributed by atoms with Gasteiger partial charge < -0.3 is 10.6 Å². The summed E-state index contributed by atoms with van der Waals surface area (Å²) in [5.41, 5.74) is -1.04. The molecule has 2 aliphatic rings. The van der Waals surface area contributed by atoms with Gasteiger partial charge in [0.05, 0.1) is 16.3 Å². The number of alkyl halides is 2. The van der Waals surface area contributed by atoms with Crippen molar-refractivity contribution in [1.82, 2.24) is 9.62 Å². The SMILES string of the molecule is CNc1cc(S(=O)(=O)NC(=O)C2(F)CCCCC2)ccc1N[C@H](CCN1CC(F)C1)CSc1ccc(F)cc1. The van der Waals surface area contributed by atoms with Gasteiger partial charge in [0.15, 0.2) is 5.67 Å². The zero-order valence-electron chi connectivity index (χ0n) is 21.9. The molecule has 1 atom stereocenters. The number of thioether (sulfide) groups is 1. The Hall–Kier alpha value is -2.44. The molecule has 0 bridgehead atoms. The van der Waals surface area contributed by atoms with Gasteiger partial charge in [-0.05, 0) is 74.6 Å². The fourth-order valence-electron chi connectivity index (χ4n) is 4.81. The second-order valence-electron chi connectivity index (χ2n) is 10.2. The van der Waals surface area contributed by atoms with Crippen LogP contribution >= 0.6 is 11.8 Å². The second kappa shape index (κ2) is 12.8. The van der Waals surface area contributed by atoms with Crippen LogP contribution in [0.3, 0.4) is 0 Å². The molecule has 1 saturated carbocycles. The molecule has 0 aromatic heterocycles. The minimum atomic E-state index is -4.28. The van der Waals surface area contributed by atoms with Crippen molar-refractivity contribution in [1.29, 1.82) is 0 Å². The normalized spacial score (nSPS) is 18.7. The number of nitrogens with one attached hydrogen (secondary N) is 3. The number of rotatable bonds is 12. The summed E-state index contributed by atoms with van der Waals surface area (Å²) in [5.74, 6) is -0.788. The van der Waals surface area contributed by atoms with Crippen molar-refractivity contribution in [3.8, 4) is 0 Å². The molecule has 0 radical (unpaired) electrons. The molecule has 1 aliphatic heterocycles. The lowest BCUT2D eigenvalue weighted by Crippen LogP contribution is -2.49. The Labute approximate surface area is 232 Å². The zero-order valence-corrected chi connectivity index (χ0v) is 23.5. The average Bonchev–Trinajstić information content (AvgIpc) is 2.90. The van der Waals surface area contributed by atoms with Gasteiger partial charge in [0.1, 0.15) is 12.0 Å². The van der Waals surface area contributed by atoms with Gasteiger partial charge in [0.2, 0.25) is 0 Å². The summed E-state index contributed by atoms with van der Waals surface area (Å²) in [6.45, 7) is 1.52. The lowest BCUT2D eigenvalue weighted by atomic mass is 9.86. The van der Waals surface area contributed by atoms with Crippen molar-refractivity contribution >= 4 is 39.1 Å². The molecule has 1 heterocycles. The molecule has 0 unspecified atom stereocenters. The lowest BCUT2D eigenvalue weighted by molar-refractivity contribution is -0.133. The molecule has 4 rings (SSSR count). The predicted octanol–water partition coefficient (Wildman–Crippen LogP) is 4.96. The standard InChI is InChI=1S/C27H35F3N4O3S2/c1-31-25-15-23(39(36,37)33-26(35)27(30)12-3-2-4-13-27)9-10-24(25)32-21(11-14-34-16-20(29)17-34)18-38-22-7-5-19(28)6-8-22/h5-10,15,20-21,31-32H,2-4,11-14,16-18H2,1H3,(H,33,35)/t21-/m1/s1. The monoisotopic (exact) mass is 584 g/mol. The fourth-order valence-corrected chi connectivity index (χ4v) is 6.84. The highest BCUT2D eigenvalue weighted by Gasteiger charge is 2.41. The van der Waals surface area contributed by atoms with Crippen LogP contribution in [0.1, 0.15) is 38.5 Å². The third kappa shape index (κ3) is 7.82. The molecule has 1 aliphatic carbocycles. The van der Waals surface area contributed by atoms with Crippen molar-refractivity contribution in [3.63, 3.8) is 0 Å². The summed E-state index contributed by atoms with van der Waals surface area (Å²) >= 11 is 1.55. The zero-order chi connectivity index (χ0) is 28.0. The first-order valence-corrected chi connectivity index (χ1v) is 15.6. The highest BCUT2D eigenvalue weighted by Crippen LogP contribution is 2.33. The Kier molecular flexibility index (Phi) is 9.71. The van der Waals surface area contributed by atoms with Crippen LogP contribution in [0.5, 0.6) is 0 Å². The fraction of sp³-hybridized carbons (Fsp3) is 0.519. The van der Waals surface area contributed by atoms with Crippen LogP contribution in [0.25, 0.3) is 0 Å². The molecule has 7 nitrogen and oxygen atoms in total. The van der Waals surface area contributed by atoms with Crippen LogP contribution in [0.4, 0.5) is 24.5 Å². The predicted molar refractivity (Wildman–Crippen MR) is 149 cm³/mol. The van der Waals surface area contributed by atoms with Crippen LogP contribution in [0.2, 0.25) is 0 Å². The van der Waals surface area contributed by atoms with E-state index in [4.69, 9.17) is 0 Å². The number of hydrogen-bond acceptors (Lipinski definition) is 7. The lowest BCUT2D eigenvalue weighted by Gasteiger charge is -2.35. The van der Waals surface area contributed by atoms with Crippen LogP contribution in [0.15, 0.2) is 52.3 Å². The number of amides is 1. The molecule has 1 saturated heterocycles. The van der Waals surface area contributed by atoms with E-state index in [1.165, 1.54) is 24.3 Å². The van der Waals surface area contributed by atoms with Gasteiger partial charge >= 0.3 is 0 Å². The number of likely N-dealkylation sites (tertiary alicyclic amines) is 1. The van der Waals surface area contributed by atoms with Crippen molar-refractivity contribution in [2.24, 2.45) is 0 Å². The maximum absolute atomic E-state index is 15.0. The number of nitrogens with zero attached hydrogens (tertiary/aromatic N) is 1. The maximum Gasteiger partial charge on any atom is 0.271 e. The molecular formula is C27H35F3N4O3S2. The smallest absolute Gasteiger partial charge is 0.271 e. The van der Waals surface area contributed by atoms with Crippen molar-refractivity contribution in [2.45, 2.75) is 66.2 Å². The molecule has 3 N–H and O–H groups in total. The quantitative estimate of drug-likeness (QED) is 0.304. The van der Waals surface area contributed by atoms with E-state index in [-0.39, 0.29) is 29.6 Å². The molecule has 39 heavy (non-hydrogen) atoms. The largest absolute Gasteiger partial charge is 0.386 e. The number of benzene rings is 2. The first-order chi connectivity index (χ1) is 18.6. The molecule has 2 fully saturated rings. The molecule has 2 aromatic carbocycles. The summed E-state index contributed by atoms with van der Waals surface area (Å²) < 4.78 is 69.4. The number of carbonyl (C=O) groups excluding carboxylic acids is 1. The Morgan fingerprint density at radius 1 is 1.10 bits per heavy atom. The van der Waals surface area contributed by atoms with Crippen molar-refractivity contribution in [3.05, 3.63) is 48.3 Å². The Bertz CT molecular complexity index is 1240. The van der Waals surface area contributed by atoms with Gasteiger partial charge in [-0.2, -0.15) is 0 Å². The Balaban J connectivity index is 1.46. The number of carbonyl (C=O) groups is 1. The molecule has 1 amide bonds. The molecule has 2 aromatic rings. The Morgan fingerprint density at radius 2 is 1.79 bits per heavy atom. The minimum absolute atomic E-state index is 0.0136. The molecule has 0 spiro atoms. The minimum Gasteiger partial charge on any atom is -0.386 e. The summed E-state index contributed by atoms with van der Waals surface area (Å²) in [5, 5.41) is 6.44. The van der Waals surface area contributed by atoms with Crippen molar-refractivity contribution < 1.29 is 26.4 Å². The van der Waals surface area contributed by atoms with Crippen LogP contribution in [0, 0.1) is 5.82 Å². The second-order valence-corrected chi connectivity index (χ2v) is 12.9. The third-order valence-electron chi connectivity index (χ3n) is 7.18. The van der Waals surface area contributed by atoms with Gasteiger partial charge in [0, 0.05) is 43.4 Å². The Morgan fingerprint density at radius 3 is 2.44 bits per heavy atom. The summed E-state index contributed by atoms with van der Waals surface area (Å²) in [6, 6.07) is 10.5. The summed E-state index contributed by atoms with van der Waals surface area (Å²) in [6.07, 6.45) is 1.85. The molecule has 12 heteroatoms. The third-order valence-corrected chi connectivity index (χ3v) is 9.68. The first-order valence-electron chi connectivity index (χ1n) is 13.2. The van der Waals surface area contributed by atoms with E-state index < -0.39 is 27.8 Å². The molecular weight excluding hydrogens is 549 g/mol. The van der Waals surface area contributed by atoms with E-state index >= 15 is 4.39 Å². The molecule has 214 valence electrons. The first kappa shape index (κ1) is 29.5. The highest BCUT2D eigenvalue weighted by atomic mass is 32.2. The van der Waals surface area contributed by atoms with E-state index in [0.29, 0.717) is 56.0 Å². The number of hydrogen-bond donors (Lipinski definition) is 3. The maximum atomic E-state index is 15.0. The van der Waals surface area contributed by atoms with Gasteiger partial charge in [-0.3, -0.25) is 9.69 Å². The van der Waals surface area contributed by atoms with E-state index in [1.54, 1.807) is 37.0 Å². The van der Waals surface area contributed by atoms with Crippen LogP contribution in [-0.4, -0.2) is 69.5 Å². The summed E-state index contributed by atoms with van der Waals surface area (Å²) in [4.78, 5) is 15.3. The van der Waals surface area contributed by atoms with Gasteiger partial charge in [-0.25, -0.2) is 26.3 Å². The topological polar surface area (TPSA) is 90.5 Å². The van der Waals surface area contributed by atoms with Crippen molar-refractivity contribution in [2.75, 3.05) is 43.1 Å².